The number of carbonyl (C=O) groups is 1. The van der Waals surface area contributed by atoms with Crippen LogP contribution in [0.5, 0.6) is 0 Å². The van der Waals surface area contributed by atoms with Crippen LogP contribution in [-0.2, 0) is 4.79 Å². The summed E-state index contributed by atoms with van der Waals surface area (Å²) >= 11 is 0. The van der Waals surface area contributed by atoms with Gasteiger partial charge >= 0.3 is 0 Å². The Morgan fingerprint density at radius 3 is 2.90 bits per heavy atom. The normalized spacial score (nSPS) is 41.2. The second-order valence-electron chi connectivity index (χ2n) is 3.88. The van der Waals surface area contributed by atoms with Gasteiger partial charge in [0.25, 0.3) is 0 Å². The number of carbonyl (C=O) groups excluding carboxylic acids is 1. The van der Waals surface area contributed by atoms with E-state index in [1.807, 2.05) is 0 Å². The minimum atomic E-state index is -0.0197. The highest BCUT2D eigenvalue weighted by Crippen LogP contribution is 2.52. The van der Waals surface area contributed by atoms with Crippen molar-refractivity contribution in [1.82, 2.24) is 0 Å². The maximum atomic E-state index is 11.3. The van der Waals surface area contributed by atoms with Gasteiger partial charge in [-0.15, -0.1) is 0 Å². The van der Waals surface area contributed by atoms with Crippen LogP contribution in [0, 0.1) is 17.3 Å². The Kier molecular flexibility index (Phi) is 0.936. The van der Waals surface area contributed by atoms with Gasteiger partial charge in [0.05, 0.1) is 0 Å². The largest absolute Gasteiger partial charge is 0.298 e. The zero-order valence-corrected chi connectivity index (χ0v) is 6.42. The SMILES string of the molecule is CC1(C)C(=O)C2C=CCC21. The molecule has 1 heteroatoms. The van der Waals surface area contributed by atoms with Crippen LogP contribution in [0.2, 0.25) is 0 Å². The van der Waals surface area contributed by atoms with Crippen LogP contribution in [0.3, 0.4) is 0 Å². The van der Waals surface area contributed by atoms with Gasteiger partial charge < -0.3 is 0 Å². The van der Waals surface area contributed by atoms with E-state index >= 15 is 0 Å². The summed E-state index contributed by atoms with van der Waals surface area (Å²) in [4.78, 5) is 11.3. The van der Waals surface area contributed by atoms with Crippen LogP contribution in [0.15, 0.2) is 12.2 Å². The van der Waals surface area contributed by atoms with Crippen LogP contribution < -0.4 is 0 Å². The van der Waals surface area contributed by atoms with Gasteiger partial charge in [-0.3, -0.25) is 4.79 Å². The minimum Gasteiger partial charge on any atom is -0.298 e. The molecule has 0 aliphatic heterocycles. The molecule has 0 aromatic heterocycles. The highest BCUT2D eigenvalue weighted by Gasteiger charge is 2.55. The van der Waals surface area contributed by atoms with E-state index in [1.54, 1.807) is 0 Å². The fourth-order valence-electron chi connectivity index (χ4n) is 2.18. The molecule has 0 saturated heterocycles. The molecule has 54 valence electrons. The van der Waals surface area contributed by atoms with Gasteiger partial charge in [0.1, 0.15) is 5.78 Å². The summed E-state index contributed by atoms with van der Waals surface area (Å²) in [7, 11) is 0. The molecule has 2 aliphatic rings. The third-order valence-corrected chi connectivity index (χ3v) is 3.03. The molecule has 0 radical (unpaired) electrons. The maximum Gasteiger partial charge on any atom is 0.145 e. The average molecular weight is 136 g/mol. The summed E-state index contributed by atoms with van der Waals surface area (Å²) in [5.41, 5.74) is -0.0197. The lowest BCUT2D eigenvalue weighted by molar-refractivity contribution is -0.148. The van der Waals surface area contributed by atoms with Crippen molar-refractivity contribution < 1.29 is 4.79 Å². The number of rotatable bonds is 0. The number of hydrogen-bond donors (Lipinski definition) is 0. The lowest BCUT2D eigenvalue weighted by Crippen LogP contribution is -2.51. The Balaban J connectivity index is 2.28. The van der Waals surface area contributed by atoms with E-state index in [0.717, 1.165) is 6.42 Å². The van der Waals surface area contributed by atoms with E-state index in [4.69, 9.17) is 0 Å². The van der Waals surface area contributed by atoms with E-state index in [1.165, 1.54) is 0 Å². The molecular weight excluding hydrogens is 124 g/mol. The first-order valence-electron chi connectivity index (χ1n) is 3.85. The molecular formula is C9H12O. The molecule has 2 rings (SSSR count). The molecule has 2 atom stereocenters. The molecule has 10 heavy (non-hydrogen) atoms. The molecule has 2 unspecified atom stereocenters. The van der Waals surface area contributed by atoms with E-state index in [2.05, 4.69) is 26.0 Å². The average Bonchev–Trinajstić information content (AvgIpc) is 2.31. The number of ketones is 1. The van der Waals surface area contributed by atoms with Crippen molar-refractivity contribution in [3.05, 3.63) is 12.2 Å². The highest BCUT2D eigenvalue weighted by molar-refractivity contribution is 5.95. The van der Waals surface area contributed by atoms with Crippen molar-refractivity contribution in [2.75, 3.05) is 0 Å². The molecule has 1 saturated carbocycles. The standard InChI is InChI=1S/C9H12O/c1-9(2)7-5-3-4-6(7)8(9)10/h3-4,6-7H,5H2,1-2H3. The third-order valence-electron chi connectivity index (χ3n) is 3.03. The second kappa shape index (κ2) is 1.52. The summed E-state index contributed by atoms with van der Waals surface area (Å²) < 4.78 is 0. The van der Waals surface area contributed by atoms with Gasteiger partial charge in [0.2, 0.25) is 0 Å². The smallest absolute Gasteiger partial charge is 0.145 e. The maximum absolute atomic E-state index is 11.3. The Morgan fingerprint density at radius 1 is 1.60 bits per heavy atom. The van der Waals surface area contributed by atoms with Gasteiger partial charge in [-0.2, -0.15) is 0 Å². The monoisotopic (exact) mass is 136 g/mol. The van der Waals surface area contributed by atoms with Gasteiger partial charge in [0, 0.05) is 11.3 Å². The zero-order chi connectivity index (χ0) is 7.35. The molecule has 2 aliphatic carbocycles. The van der Waals surface area contributed by atoms with Gasteiger partial charge in [-0.05, 0) is 12.3 Å². The van der Waals surface area contributed by atoms with Gasteiger partial charge in [-0.1, -0.05) is 26.0 Å². The van der Waals surface area contributed by atoms with Crippen molar-refractivity contribution in [2.45, 2.75) is 20.3 Å². The van der Waals surface area contributed by atoms with E-state index in [9.17, 15) is 4.79 Å². The molecule has 0 aromatic rings. The summed E-state index contributed by atoms with van der Waals surface area (Å²) in [5, 5.41) is 0. The predicted octanol–water partition coefficient (Wildman–Crippen LogP) is 1.79. The lowest BCUT2D eigenvalue weighted by Gasteiger charge is -2.45. The van der Waals surface area contributed by atoms with Crippen LogP contribution in [0.25, 0.3) is 0 Å². The number of Topliss-reactive ketones (excluding diaryl/α,β-unsaturated/α-hetero) is 1. The molecule has 0 heterocycles. The summed E-state index contributed by atoms with van der Waals surface area (Å²) in [6, 6.07) is 0. The Hall–Kier alpha value is -0.590. The summed E-state index contributed by atoms with van der Waals surface area (Å²) in [6.45, 7) is 4.12. The zero-order valence-electron chi connectivity index (χ0n) is 6.42. The predicted molar refractivity (Wildman–Crippen MR) is 39.5 cm³/mol. The Bertz CT molecular complexity index is 213. The molecule has 0 bridgehead atoms. The first-order chi connectivity index (χ1) is 4.64. The summed E-state index contributed by atoms with van der Waals surface area (Å²) in [5.74, 6) is 1.35. The van der Waals surface area contributed by atoms with Crippen molar-refractivity contribution in [1.29, 1.82) is 0 Å². The molecule has 1 nitrogen and oxygen atoms in total. The molecule has 0 amide bonds. The Morgan fingerprint density at radius 2 is 2.30 bits per heavy atom. The first kappa shape index (κ1) is 6.14. The first-order valence-corrected chi connectivity index (χ1v) is 3.85. The van der Waals surface area contributed by atoms with Crippen molar-refractivity contribution in [3.8, 4) is 0 Å². The van der Waals surface area contributed by atoms with Crippen LogP contribution in [-0.4, -0.2) is 5.78 Å². The third kappa shape index (κ3) is 0.472. The topological polar surface area (TPSA) is 17.1 Å². The van der Waals surface area contributed by atoms with Crippen LogP contribution >= 0.6 is 0 Å². The highest BCUT2D eigenvalue weighted by atomic mass is 16.1. The summed E-state index contributed by atoms with van der Waals surface area (Å²) in [6.07, 6.45) is 5.32. The quantitative estimate of drug-likeness (QED) is 0.464. The van der Waals surface area contributed by atoms with Crippen molar-refractivity contribution >= 4 is 5.78 Å². The second-order valence-corrected chi connectivity index (χ2v) is 3.88. The van der Waals surface area contributed by atoms with Gasteiger partial charge in [-0.25, -0.2) is 0 Å². The molecule has 0 spiro atoms. The lowest BCUT2D eigenvalue weighted by atomic mass is 9.56. The molecule has 0 aromatic carbocycles. The van der Waals surface area contributed by atoms with Crippen LogP contribution in [0.4, 0.5) is 0 Å². The fourth-order valence-corrected chi connectivity index (χ4v) is 2.18. The number of hydrogen-bond acceptors (Lipinski definition) is 1. The van der Waals surface area contributed by atoms with Crippen molar-refractivity contribution in [3.63, 3.8) is 0 Å². The van der Waals surface area contributed by atoms with E-state index in [-0.39, 0.29) is 11.3 Å². The molecule has 0 N–H and O–H groups in total. The number of allylic oxidation sites excluding steroid dienone is 2. The van der Waals surface area contributed by atoms with E-state index < -0.39 is 0 Å². The van der Waals surface area contributed by atoms with Crippen LogP contribution in [0.1, 0.15) is 20.3 Å². The molecule has 1 fully saturated rings. The van der Waals surface area contributed by atoms with Crippen molar-refractivity contribution in [2.24, 2.45) is 17.3 Å². The minimum absolute atomic E-state index is 0.0197. The number of fused-ring (bicyclic) bond motifs is 1. The van der Waals surface area contributed by atoms with E-state index in [0.29, 0.717) is 11.7 Å². The fraction of sp³-hybridized carbons (Fsp3) is 0.667. The van der Waals surface area contributed by atoms with Gasteiger partial charge in [0.15, 0.2) is 0 Å². The Labute approximate surface area is 61.1 Å².